The molecule has 0 radical (unpaired) electrons. The van der Waals surface area contributed by atoms with Crippen LogP contribution in [-0.4, -0.2) is 15.2 Å². The molecule has 2 aromatic carbocycles. The molecule has 0 saturated heterocycles. The zero-order valence-electron chi connectivity index (χ0n) is 11.2. The van der Waals surface area contributed by atoms with Gasteiger partial charge >= 0.3 is 0 Å². The van der Waals surface area contributed by atoms with E-state index >= 15 is 0 Å². The van der Waals surface area contributed by atoms with Gasteiger partial charge in [0.05, 0.1) is 0 Å². The van der Waals surface area contributed by atoms with Gasteiger partial charge in [0.15, 0.2) is 12.7 Å². The monoisotopic (exact) mass is 282 g/mol. The van der Waals surface area contributed by atoms with Gasteiger partial charge in [0.2, 0.25) is 5.82 Å². The molecule has 0 aliphatic heterocycles. The van der Waals surface area contributed by atoms with Gasteiger partial charge in [0.25, 0.3) is 5.89 Å². The molecule has 0 saturated carbocycles. The Morgan fingerprint density at radius 3 is 2.38 bits per heavy atom. The Morgan fingerprint density at radius 2 is 1.67 bits per heavy atom. The summed E-state index contributed by atoms with van der Waals surface area (Å²) in [5, 5.41) is 14.0. The molecule has 1 heterocycles. The summed E-state index contributed by atoms with van der Waals surface area (Å²) >= 11 is 0. The lowest BCUT2D eigenvalue weighted by Gasteiger charge is -2.04. The van der Waals surface area contributed by atoms with Crippen molar-refractivity contribution in [2.75, 3.05) is 0 Å². The van der Waals surface area contributed by atoms with Gasteiger partial charge in [0, 0.05) is 0 Å². The fourth-order valence-corrected chi connectivity index (χ4v) is 1.88. The number of para-hydroxylation sites is 1. The summed E-state index contributed by atoms with van der Waals surface area (Å²) < 4.78 is 10.6. The molecule has 0 aliphatic carbocycles. The van der Waals surface area contributed by atoms with Crippen LogP contribution in [0.1, 0.15) is 23.4 Å². The molecular weight excluding hydrogens is 268 g/mol. The van der Waals surface area contributed by atoms with Gasteiger partial charge in [-0.1, -0.05) is 53.7 Å². The number of hydrogen-bond acceptors (Lipinski definition) is 5. The Labute approximate surface area is 121 Å². The van der Waals surface area contributed by atoms with Crippen LogP contribution in [0.25, 0.3) is 0 Å². The number of ether oxygens (including phenoxy) is 1. The summed E-state index contributed by atoms with van der Waals surface area (Å²) in [6, 6.07) is 18.5. The van der Waals surface area contributed by atoms with Gasteiger partial charge in [-0.2, -0.15) is 4.98 Å². The molecule has 0 amide bonds. The highest BCUT2D eigenvalue weighted by atomic mass is 16.5. The molecule has 5 heteroatoms. The lowest BCUT2D eigenvalue weighted by atomic mass is 10.1. The topological polar surface area (TPSA) is 68.4 Å². The van der Waals surface area contributed by atoms with Gasteiger partial charge in [-0.3, -0.25) is 0 Å². The lowest BCUT2D eigenvalue weighted by Crippen LogP contribution is -2.01. The summed E-state index contributed by atoms with van der Waals surface area (Å²) in [6.45, 7) is 0.190. The number of hydrogen-bond donors (Lipinski definition) is 1. The maximum atomic E-state index is 10.2. The van der Waals surface area contributed by atoms with E-state index in [1.54, 1.807) is 12.1 Å². The quantitative estimate of drug-likeness (QED) is 0.779. The molecule has 0 fully saturated rings. The van der Waals surface area contributed by atoms with Crippen LogP contribution in [0, 0.1) is 0 Å². The zero-order chi connectivity index (χ0) is 14.5. The van der Waals surface area contributed by atoms with Gasteiger partial charge in [-0.25, -0.2) is 0 Å². The molecule has 5 nitrogen and oxygen atoms in total. The van der Waals surface area contributed by atoms with Crippen LogP contribution in [0.3, 0.4) is 0 Å². The van der Waals surface area contributed by atoms with Crippen LogP contribution in [-0.2, 0) is 6.61 Å². The van der Waals surface area contributed by atoms with Crippen LogP contribution < -0.4 is 4.74 Å². The molecule has 1 aromatic heterocycles. The third-order valence-electron chi connectivity index (χ3n) is 2.94. The normalized spacial score (nSPS) is 12.0. The van der Waals surface area contributed by atoms with E-state index in [0.717, 1.165) is 5.75 Å². The van der Waals surface area contributed by atoms with E-state index in [1.165, 1.54) is 0 Å². The largest absolute Gasteiger partial charge is 0.485 e. The Bertz CT molecular complexity index is 683. The third kappa shape index (κ3) is 3.27. The minimum atomic E-state index is -0.927. The standard InChI is InChI=1S/C16H14N2O3/c19-15(12-7-3-1-4-8-12)16-17-14(18-21-16)11-20-13-9-5-2-6-10-13/h1-10,15,19H,11H2. The molecule has 3 aromatic rings. The summed E-state index contributed by atoms with van der Waals surface area (Å²) in [6.07, 6.45) is -0.927. The minimum absolute atomic E-state index is 0.160. The summed E-state index contributed by atoms with van der Waals surface area (Å²) in [5.41, 5.74) is 0.705. The smallest absolute Gasteiger partial charge is 0.260 e. The second kappa shape index (κ2) is 6.19. The first-order valence-corrected chi connectivity index (χ1v) is 6.56. The Hall–Kier alpha value is -2.66. The molecule has 1 N–H and O–H groups in total. The number of aromatic nitrogens is 2. The maximum Gasteiger partial charge on any atom is 0.260 e. The minimum Gasteiger partial charge on any atom is -0.485 e. The second-order valence-corrected chi connectivity index (χ2v) is 4.46. The fourth-order valence-electron chi connectivity index (χ4n) is 1.88. The number of aliphatic hydroxyl groups excluding tert-OH is 1. The summed E-state index contributed by atoms with van der Waals surface area (Å²) in [5.74, 6) is 1.28. The van der Waals surface area contributed by atoms with Crippen LogP contribution in [0.2, 0.25) is 0 Å². The Kier molecular flexibility index (Phi) is 3.93. The lowest BCUT2D eigenvalue weighted by molar-refractivity contribution is 0.170. The van der Waals surface area contributed by atoms with Crippen molar-refractivity contribution in [1.82, 2.24) is 10.1 Å². The van der Waals surface area contributed by atoms with Crippen LogP contribution in [0.15, 0.2) is 65.2 Å². The van der Waals surface area contributed by atoms with E-state index in [0.29, 0.717) is 11.4 Å². The van der Waals surface area contributed by atoms with Crippen molar-refractivity contribution < 1.29 is 14.4 Å². The van der Waals surface area contributed by atoms with Crippen LogP contribution >= 0.6 is 0 Å². The first kappa shape index (κ1) is 13.3. The Morgan fingerprint density at radius 1 is 1.00 bits per heavy atom. The molecule has 0 spiro atoms. The Balaban J connectivity index is 1.66. The predicted molar refractivity (Wildman–Crippen MR) is 75.6 cm³/mol. The van der Waals surface area contributed by atoms with Crippen molar-refractivity contribution in [2.24, 2.45) is 0 Å². The number of nitrogens with zero attached hydrogens (tertiary/aromatic N) is 2. The molecular formula is C16H14N2O3. The highest BCUT2D eigenvalue weighted by Gasteiger charge is 2.18. The zero-order valence-corrected chi connectivity index (χ0v) is 11.2. The predicted octanol–water partition coefficient (Wildman–Crippen LogP) is 2.73. The number of aliphatic hydroxyl groups is 1. The molecule has 0 aliphatic rings. The fraction of sp³-hybridized carbons (Fsp3) is 0.125. The van der Waals surface area contributed by atoms with E-state index in [2.05, 4.69) is 10.1 Å². The van der Waals surface area contributed by atoms with Crippen molar-refractivity contribution in [2.45, 2.75) is 12.7 Å². The van der Waals surface area contributed by atoms with Crippen molar-refractivity contribution in [3.05, 3.63) is 77.9 Å². The van der Waals surface area contributed by atoms with Crippen molar-refractivity contribution in [1.29, 1.82) is 0 Å². The average molecular weight is 282 g/mol. The van der Waals surface area contributed by atoms with E-state index in [1.807, 2.05) is 48.5 Å². The highest BCUT2D eigenvalue weighted by Crippen LogP contribution is 2.20. The summed E-state index contributed by atoms with van der Waals surface area (Å²) in [7, 11) is 0. The molecule has 3 rings (SSSR count). The maximum absolute atomic E-state index is 10.2. The van der Waals surface area contributed by atoms with E-state index in [-0.39, 0.29) is 12.5 Å². The molecule has 1 unspecified atom stereocenters. The number of rotatable bonds is 5. The van der Waals surface area contributed by atoms with Gasteiger partial charge in [0.1, 0.15) is 5.75 Å². The van der Waals surface area contributed by atoms with E-state index < -0.39 is 6.10 Å². The molecule has 106 valence electrons. The molecule has 0 bridgehead atoms. The number of benzene rings is 2. The first-order chi connectivity index (χ1) is 10.3. The van der Waals surface area contributed by atoms with Crippen molar-refractivity contribution >= 4 is 0 Å². The third-order valence-corrected chi connectivity index (χ3v) is 2.94. The van der Waals surface area contributed by atoms with Crippen LogP contribution in [0.4, 0.5) is 0 Å². The van der Waals surface area contributed by atoms with Crippen LogP contribution in [0.5, 0.6) is 5.75 Å². The van der Waals surface area contributed by atoms with Gasteiger partial charge in [-0.15, -0.1) is 0 Å². The van der Waals surface area contributed by atoms with E-state index in [4.69, 9.17) is 9.26 Å². The van der Waals surface area contributed by atoms with E-state index in [9.17, 15) is 5.11 Å². The highest BCUT2D eigenvalue weighted by molar-refractivity contribution is 5.22. The van der Waals surface area contributed by atoms with Crippen molar-refractivity contribution in [3.8, 4) is 5.75 Å². The average Bonchev–Trinajstić information content (AvgIpc) is 3.03. The summed E-state index contributed by atoms with van der Waals surface area (Å²) in [4.78, 5) is 4.15. The van der Waals surface area contributed by atoms with Crippen molar-refractivity contribution in [3.63, 3.8) is 0 Å². The SMILES string of the molecule is OC(c1ccccc1)c1nc(COc2ccccc2)no1. The molecule has 1 atom stereocenters. The van der Waals surface area contributed by atoms with Gasteiger partial charge in [-0.05, 0) is 17.7 Å². The second-order valence-electron chi connectivity index (χ2n) is 4.46. The van der Waals surface area contributed by atoms with Gasteiger partial charge < -0.3 is 14.4 Å². The first-order valence-electron chi connectivity index (χ1n) is 6.56. The molecule has 21 heavy (non-hydrogen) atoms.